The standard InChI is InChI=1S/C23H23N3O3/c1-29-17-8-6-15(7-9-17)21-14-19(18-4-2-3-5-20(18)25-21)23(28)26-12-10-16(11-13-26)22(24)27/h2-9,14,16H,10-13H2,1H3,(H2,24,27). The number of piperidine rings is 1. The lowest BCUT2D eigenvalue weighted by atomic mass is 9.95. The number of likely N-dealkylation sites (tertiary alicyclic amines) is 1. The highest BCUT2D eigenvalue weighted by Gasteiger charge is 2.27. The third kappa shape index (κ3) is 3.78. The van der Waals surface area contributed by atoms with Crippen LogP contribution in [-0.4, -0.2) is 41.9 Å². The van der Waals surface area contributed by atoms with Gasteiger partial charge in [-0.2, -0.15) is 0 Å². The number of nitrogens with zero attached hydrogens (tertiary/aromatic N) is 2. The van der Waals surface area contributed by atoms with E-state index in [9.17, 15) is 9.59 Å². The summed E-state index contributed by atoms with van der Waals surface area (Å²) in [5.74, 6) is 0.292. The van der Waals surface area contributed by atoms with Crippen molar-refractivity contribution in [3.05, 3.63) is 60.2 Å². The molecule has 0 bridgehead atoms. The van der Waals surface area contributed by atoms with Gasteiger partial charge in [0.15, 0.2) is 0 Å². The van der Waals surface area contributed by atoms with E-state index in [1.807, 2.05) is 54.6 Å². The number of hydrogen-bond donors (Lipinski definition) is 1. The molecule has 6 nitrogen and oxygen atoms in total. The van der Waals surface area contributed by atoms with Crippen molar-refractivity contribution in [1.29, 1.82) is 0 Å². The number of para-hydroxylation sites is 1. The fourth-order valence-corrected chi connectivity index (χ4v) is 3.80. The first kappa shape index (κ1) is 18.9. The second kappa shape index (κ2) is 7.91. The predicted molar refractivity (Wildman–Crippen MR) is 112 cm³/mol. The van der Waals surface area contributed by atoms with Gasteiger partial charge in [-0.25, -0.2) is 4.98 Å². The minimum absolute atomic E-state index is 0.0405. The van der Waals surface area contributed by atoms with Crippen LogP contribution in [0, 0.1) is 5.92 Å². The highest BCUT2D eigenvalue weighted by Crippen LogP contribution is 2.28. The van der Waals surface area contributed by atoms with E-state index in [1.54, 1.807) is 12.0 Å². The van der Waals surface area contributed by atoms with Crippen LogP contribution >= 0.6 is 0 Å². The topological polar surface area (TPSA) is 85.5 Å². The summed E-state index contributed by atoms with van der Waals surface area (Å²) in [6.45, 7) is 1.06. The second-order valence-corrected chi connectivity index (χ2v) is 7.27. The van der Waals surface area contributed by atoms with Gasteiger partial charge in [-0.1, -0.05) is 18.2 Å². The molecule has 2 heterocycles. The molecule has 148 valence electrons. The van der Waals surface area contributed by atoms with E-state index in [0.717, 1.165) is 27.9 Å². The van der Waals surface area contributed by atoms with E-state index in [2.05, 4.69) is 0 Å². The zero-order valence-electron chi connectivity index (χ0n) is 16.3. The minimum Gasteiger partial charge on any atom is -0.497 e. The third-order valence-electron chi connectivity index (χ3n) is 5.52. The lowest BCUT2D eigenvalue weighted by Gasteiger charge is -2.31. The van der Waals surface area contributed by atoms with Gasteiger partial charge in [0, 0.05) is 30.0 Å². The predicted octanol–water partition coefficient (Wildman–Crippen LogP) is 3.25. The molecule has 1 aliphatic heterocycles. The third-order valence-corrected chi connectivity index (χ3v) is 5.52. The molecule has 0 unspecified atom stereocenters. The first-order valence-electron chi connectivity index (χ1n) is 9.69. The largest absolute Gasteiger partial charge is 0.497 e. The molecule has 0 spiro atoms. The van der Waals surface area contributed by atoms with Crippen LogP contribution in [0.4, 0.5) is 0 Å². The number of amides is 2. The van der Waals surface area contributed by atoms with E-state index in [0.29, 0.717) is 31.5 Å². The summed E-state index contributed by atoms with van der Waals surface area (Å²) in [4.78, 5) is 31.3. The average Bonchev–Trinajstić information content (AvgIpc) is 2.78. The van der Waals surface area contributed by atoms with Gasteiger partial charge >= 0.3 is 0 Å². The summed E-state index contributed by atoms with van der Waals surface area (Å²) in [7, 11) is 1.63. The molecule has 0 atom stereocenters. The Morgan fingerprint density at radius 1 is 1.07 bits per heavy atom. The summed E-state index contributed by atoms with van der Waals surface area (Å²) in [5.41, 5.74) is 8.47. The number of benzene rings is 2. The van der Waals surface area contributed by atoms with E-state index in [-0.39, 0.29) is 17.7 Å². The second-order valence-electron chi connectivity index (χ2n) is 7.27. The van der Waals surface area contributed by atoms with Gasteiger partial charge in [0.25, 0.3) is 5.91 Å². The molecule has 1 aromatic heterocycles. The van der Waals surface area contributed by atoms with E-state index in [1.165, 1.54) is 0 Å². The quantitative estimate of drug-likeness (QED) is 0.742. The van der Waals surface area contributed by atoms with Crippen molar-refractivity contribution < 1.29 is 14.3 Å². The molecule has 3 aromatic rings. The zero-order valence-corrected chi connectivity index (χ0v) is 16.3. The molecule has 0 aliphatic carbocycles. The van der Waals surface area contributed by atoms with Crippen LogP contribution in [0.5, 0.6) is 5.75 Å². The SMILES string of the molecule is COc1ccc(-c2cc(C(=O)N3CCC(C(N)=O)CC3)c3ccccc3n2)cc1. The fourth-order valence-electron chi connectivity index (χ4n) is 3.80. The summed E-state index contributed by atoms with van der Waals surface area (Å²) < 4.78 is 5.23. The van der Waals surface area contributed by atoms with Gasteiger partial charge in [0.2, 0.25) is 5.91 Å². The van der Waals surface area contributed by atoms with Crippen molar-refractivity contribution in [2.75, 3.05) is 20.2 Å². The Balaban J connectivity index is 1.71. The Labute approximate surface area is 169 Å². The summed E-state index contributed by atoms with van der Waals surface area (Å²) in [6.07, 6.45) is 1.21. The molecular formula is C23H23N3O3. The van der Waals surface area contributed by atoms with Crippen LogP contribution in [0.1, 0.15) is 23.2 Å². The Morgan fingerprint density at radius 2 is 1.76 bits per heavy atom. The van der Waals surface area contributed by atoms with Gasteiger partial charge in [-0.3, -0.25) is 9.59 Å². The van der Waals surface area contributed by atoms with Crippen molar-refractivity contribution in [3.8, 4) is 17.0 Å². The van der Waals surface area contributed by atoms with Crippen molar-refractivity contribution in [2.45, 2.75) is 12.8 Å². The zero-order chi connectivity index (χ0) is 20.4. The Hall–Kier alpha value is -3.41. The number of ether oxygens (including phenoxy) is 1. The normalized spacial score (nSPS) is 14.7. The summed E-state index contributed by atoms with van der Waals surface area (Å²) in [5, 5.41) is 0.826. The number of pyridine rings is 1. The molecule has 0 saturated carbocycles. The number of carbonyl (C=O) groups excluding carboxylic acids is 2. The number of nitrogens with two attached hydrogens (primary N) is 1. The van der Waals surface area contributed by atoms with Gasteiger partial charge in [0.05, 0.1) is 23.9 Å². The van der Waals surface area contributed by atoms with Gasteiger partial charge < -0.3 is 15.4 Å². The number of carbonyl (C=O) groups is 2. The number of fused-ring (bicyclic) bond motifs is 1. The van der Waals surface area contributed by atoms with E-state index >= 15 is 0 Å². The van der Waals surface area contributed by atoms with Gasteiger partial charge in [-0.05, 0) is 49.2 Å². The maximum atomic E-state index is 13.3. The number of methoxy groups -OCH3 is 1. The highest BCUT2D eigenvalue weighted by molar-refractivity contribution is 6.07. The number of primary amides is 1. The number of rotatable bonds is 4. The molecule has 1 fully saturated rings. The van der Waals surface area contributed by atoms with Crippen LogP contribution in [0.2, 0.25) is 0 Å². The molecule has 1 aliphatic rings. The Morgan fingerprint density at radius 3 is 2.41 bits per heavy atom. The minimum atomic E-state index is -0.284. The van der Waals surface area contributed by atoms with Crippen molar-refractivity contribution >= 4 is 22.7 Å². The van der Waals surface area contributed by atoms with Gasteiger partial charge in [-0.15, -0.1) is 0 Å². The Bertz CT molecular complexity index is 1050. The molecule has 29 heavy (non-hydrogen) atoms. The number of hydrogen-bond acceptors (Lipinski definition) is 4. The average molecular weight is 389 g/mol. The molecule has 4 rings (SSSR count). The van der Waals surface area contributed by atoms with Crippen LogP contribution in [-0.2, 0) is 4.79 Å². The first-order chi connectivity index (χ1) is 14.1. The molecule has 2 aromatic carbocycles. The van der Waals surface area contributed by atoms with Crippen molar-refractivity contribution in [3.63, 3.8) is 0 Å². The van der Waals surface area contributed by atoms with Gasteiger partial charge in [0.1, 0.15) is 5.75 Å². The first-order valence-corrected chi connectivity index (χ1v) is 9.69. The molecular weight excluding hydrogens is 366 g/mol. The lowest BCUT2D eigenvalue weighted by molar-refractivity contribution is -0.123. The van der Waals surface area contributed by atoms with E-state index in [4.69, 9.17) is 15.5 Å². The molecule has 0 radical (unpaired) electrons. The Kier molecular flexibility index (Phi) is 5.16. The monoisotopic (exact) mass is 389 g/mol. The summed E-state index contributed by atoms with van der Waals surface area (Å²) >= 11 is 0. The molecule has 2 amide bonds. The summed E-state index contributed by atoms with van der Waals surface area (Å²) in [6, 6.07) is 17.1. The van der Waals surface area contributed by atoms with Crippen LogP contribution < -0.4 is 10.5 Å². The highest BCUT2D eigenvalue weighted by atomic mass is 16.5. The molecule has 1 saturated heterocycles. The maximum Gasteiger partial charge on any atom is 0.254 e. The van der Waals surface area contributed by atoms with Crippen molar-refractivity contribution in [1.82, 2.24) is 9.88 Å². The molecule has 6 heteroatoms. The lowest BCUT2D eigenvalue weighted by Crippen LogP contribution is -2.41. The number of aromatic nitrogens is 1. The molecule has 2 N–H and O–H groups in total. The smallest absolute Gasteiger partial charge is 0.254 e. The van der Waals surface area contributed by atoms with E-state index < -0.39 is 0 Å². The van der Waals surface area contributed by atoms with Crippen molar-refractivity contribution in [2.24, 2.45) is 11.7 Å². The fraction of sp³-hybridized carbons (Fsp3) is 0.261. The van der Waals surface area contributed by atoms with Crippen LogP contribution in [0.3, 0.4) is 0 Å². The van der Waals surface area contributed by atoms with Crippen LogP contribution in [0.15, 0.2) is 54.6 Å². The van der Waals surface area contributed by atoms with Crippen LogP contribution in [0.25, 0.3) is 22.2 Å². The maximum absolute atomic E-state index is 13.3.